The van der Waals surface area contributed by atoms with Crippen molar-refractivity contribution >= 4 is 0 Å². The SMILES string of the molecule is N#C/C=C1\C=CC=CO1. The summed E-state index contributed by atoms with van der Waals surface area (Å²) in [6, 6.07) is 1.87. The fourth-order valence-electron chi connectivity index (χ4n) is 0.499. The molecule has 1 heterocycles. The van der Waals surface area contributed by atoms with Gasteiger partial charge < -0.3 is 4.74 Å². The van der Waals surface area contributed by atoms with Gasteiger partial charge in [0.05, 0.1) is 18.4 Å². The third-order valence-corrected chi connectivity index (χ3v) is 0.861. The van der Waals surface area contributed by atoms with Crippen molar-refractivity contribution in [1.82, 2.24) is 0 Å². The van der Waals surface area contributed by atoms with Gasteiger partial charge in [0.2, 0.25) is 0 Å². The molecule has 0 amide bonds. The Hall–Kier alpha value is -1.49. The quantitative estimate of drug-likeness (QED) is 0.452. The summed E-state index contributed by atoms with van der Waals surface area (Å²) in [5.41, 5.74) is 0. The zero-order chi connectivity index (χ0) is 6.53. The van der Waals surface area contributed by atoms with Gasteiger partial charge in [-0.1, -0.05) is 6.08 Å². The van der Waals surface area contributed by atoms with E-state index in [9.17, 15) is 0 Å². The first-order valence-corrected chi connectivity index (χ1v) is 2.53. The molecule has 0 aromatic rings. The van der Waals surface area contributed by atoms with Crippen LogP contribution in [0, 0.1) is 11.3 Å². The minimum absolute atomic E-state index is 0.583. The van der Waals surface area contributed by atoms with E-state index in [4.69, 9.17) is 10.00 Å². The number of nitrogens with zero attached hydrogens (tertiary/aromatic N) is 1. The van der Waals surface area contributed by atoms with E-state index in [0.29, 0.717) is 5.76 Å². The van der Waals surface area contributed by atoms with Crippen LogP contribution in [0.2, 0.25) is 0 Å². The number of hydrogen-bond donors (Lipinski definition) is 0. The lowest BCUT2D eigenvalue weighted by molar-refractivity contribution is 0.365. The van der Waals surface area contributed by atoms with Gasteiger partial charge in [-0.25, -0.2) is 0 Å². The summed E-state index contributed by atoms with van der Waals surface area (Å²) >= 11 is 0. The van der Waals surface area contributed by atoms with Gasteiger partial charge in [-0.15, -0.1) is 0 Å². The van der Waals surface area contributed by atoms with Crippen LogP contribution in [-0.2, 0) is 4.74 Å². The maximum absolute atomic E-state index is 8.15. The van der Waals surface area contributed by atoms with Crippen LogP contribution in [-0.4, -0.2) is 0 Å². The number of ether oxygens (including phenoxy) is 1. The van der Waals surface area contributed by atoms with Gasteiger partial charge in [-0.3, -0.25) is 0 Å². The molecule has 0 aliphatic carbocycles. The Kier molecular flexibility index (Phi) is 1.71. The monoisotopic (exact) mass is 119 g/mol. The van der Waals surface area contributed by atoms with Crippen molar-refractivity contribution < 1.29 is 4.74 Å². The molecule has 0 atom stereocenters. The molecule has 2 nitrogen and oxygen atoms in total. The fraction of sp³-hybridized carbons (Fsp3) is 0. The van der Waals surface area contributed by atoms with Gasteiger partial charge >= 0.3 is 0 Å². The molecule has 9 heavy (non-hydrogen) atoms. The van der Waals surface area contributed by atoms with Gasteiger partial charge in [-0.05, 0) is 12.2 Å². The van der Waals surface area contributed by atoms with Crippen molar-refractivity contribution in [2.45, 2.75) is 0 Å². The summed E-state index contributed by atoms with van der Waals surface area (Å²) in [6.45, 7) is 0. The number of hydrogen-bond acceptors (Lipinski definition) is 2. The second-order valence-corrected chi connectivity index (χ2v) is 1.48. The average Bonchev–Trinajstić information content (AvgIpc) is 1.91. The maximum Gasteiger partial charge on any atom is 0.136 e. The lowest BCUT2D eigenvalue weighted by Gasteiger charge is -2.00. The highest BCUT2D eigenvalue weighted by Gasteiger charge is 1.90. The largest absolute Gasteiger partial charge is 0.464 e. The van der Waals surface area contributed by atoms with Crippen molar-refractivity contribution in [3.05, 3.63) is 36.3 Å². The molecule has 0 radical (unpaired) electrons. The lowest BCUT2D eigenvalue weighted by atomic mass is 10.3. The maximum atomic E-state index is 8.15. The first-order chi connectivity index (χ1) is 4.43. The summed E-state index contributed by atoms with van der Waals surface area (Å²) in [5.74, 6) is 0.583. The van der Waals surface area contributed by atoms with E-state index in [0.717, 1.165) is 0 Å². The Morgan fingerprint density at radius 1 is 1.56 bits per heavy atom. The first-order valence-electron chi connectivity index (χ1n) is 2.53. The van der Waals surface area contributed by atoms with Crippen LogP contribution in [0.3, 0.4) is 0 Å². The summed E-state index contributed by atoms with van der Waals surface area (Å²) in [5, 5.41) is 8.15. The van der Waals surface area contributed by atoms with E-state index in [1.54, 1.807) is 12.2 Å². The van der Waals surface area contributed by atoms with Crippen LogP contribution in [0.25, 0.3) is 0 Å². The number of rotatable bonds is 0. The van der Waals surface area contributed by atoms with Crippen molar-refractivity contribution in [1.29, 1.82) is 5.26 Å². The molecule has 0 spiro atoms. The number of allylic oxidation sites excluding steroid dienone is 4. The van der Waals surface area contributed by atoms with Crippen molar-refractivity contribution in [2.75, 3.05) is 0 Å². The molecule has 0 N–H and O–H groups in total. The van der Waals surface area contributed by atoms with E-state index in [1.807, 2.05) is 12.1 Å². The van der Waals surface area contributed by atoms with Crippen molar-refractivity contribution in [3.8, 4) is 6.07 Å². The van der Waals surface area contributed by atoms with E-state index >= 15 is 0 Å². The van der Waals surface area contributed by atoms with Crippen LogP contribution in [0.5, 0.6) is 0 Å². The summed E-state index contributed by atoms with van der Waals surface area (Å²) in [4.78, 5) is 0. The first kappa shape index (κ1) is 5.64. The predicted molar refractivity (Wildman–Crippen MR) is 33.1 cm³/mol. The third-order valence-electron chi connectivity index (χ3n) is 0.861. The van der Waals surface area contributed by atoms with Gasteiger partial charge in [0.25, 0.3) is 0 Å². The van der Waals surface area contributed by atoms with E-state index < -0.39 is 0 Å². The third kappa shape index (κ3) is 1.46. The van der Waals surface area contributed by atoms with Gasteiger partial charge in [0, 0.05) is 0 Å². The van der Waals surface area contributed by atoms with Gasteiger partial charge in [-0.2, -0.15) is 5.26 Å². The molecule has 44 valence electrons. The van der Waals surface area contributed by atoms with Crippen molar-refractivity contribution in [3.63, 3.8) is 0 Å². The molecular formula is C7H5NO. The Morgan fingerprint density at radius 2 is 2.44 bits per heavy atom. The molecule has 0 unspecified atom stereocenters. The standard InChI is InChI=1S/C7H5NO/c8-5-4-7-3-1-2-6-9-7/h1-4,6H/b7-4+. The molecule has 0 saturated heterocycles. The van der Waals surface area contributed by atoms with Crippen LogP contribution in [0.15, 0.2) is 36.3 Å². The van der Waals surface area contributed by atoms with Crippen LogP contribution >= 0.6 is 0 Å². The fourth-order valence-corrected chi connectivity index (χ4v) is 0.499. The molecule has 1 aliphatic heterocycles. The van der Waals surface area contributed by atoms with Crippen LogP contribution < -0.4 is 0 Å². The summed E-state index contributed by atoms with van der Waals surface area (Å²) in [6.07, 6.45) is 8.17. The van der Waals surface area contributed by atoms with Crippen LogP contribution in [0.1, 0.15) is 0 Å². The van der Waals surface area contributed by atoms with E-state index in [-0.39, 0.29) is 0 Å². The normalized spacial score (nSPS) is 19.2. The second-order valence-electron chi connectivity index (χ2n) is 1.48. The molecule has 0 saturated carbocycles. The Bertz CT molecular complexity index is 218. The Balaban J connectivity index is 2.69. The smallest absolute Gasteiger partial charge is 0.136 e. The highest BCUT2D eigenvalue weighted by Crippen LogP contribution is 2.04. The molecule has 1 rings (SSSR count). The second kappa shape index (κ2) is 2.73. The molecule has 0 bridgehead atoms. The minimum Gasteiger partial charge on any atom is -0.464 e. The molecular weight excluding hydrogens is 114 g/mol. The minimum atomic E-state index is 0.583. The molecule has 0 fully saturated rings. The van der Waals surface area contributed by atoms with E-state index in [1.165, 1.54) is 12.3 Å². The van der Waals surface area contributed by atoms with E-state index in [2.05, 4.69) is 0 Å². The van der Waals surface area contributed by atoms with Gasteiger partial charge in [0.15, 0.2) is 0 Å². The molecule has 0 aromatic carbocycles. The molecule has 2 heteroatoms. The Labute approximate surface area is 53.4 Å². The van der Waals surface area contributed by atoms with Crippen molar-refractivity contribution in [2.24, 2.45) is 0 Å². The zero-order valence-corrected chi connectivity index (χ0v) is 4.74. The highest BCUT2D eigenvalue weighted by molar-refractivity contribution is 5.25. The summed E-state index contributed by atoms with van der Waals surface area (Å²) < 4.78 is 4.89. The number of nitriles is 1. The molecule has 0 aromatic heterocycles. The van der Waals surface area contributed by atoms with Gasteiger partial charge in [0.1, 0.15) is 5.76 Å². The zero-order valence-electron chi connectivity index (χ0n) is 4.74. The molecule has 1 aliphatic rings. The average molecular weight is 119 g/mol. The highest BCUT2D eigenvalue weighted by atomic mass is 16.5. The Morgan fingerprint density at radius 3 is 3.00 bits per heavy atom. The predicted octanol–water partition coefficient (Wildman–Crippen LogP) is 1.49. The summed E-state index contributed by atoms with van der Waals surface area (Å²) in [7, 11) is 0. The van der Waals surface area contributed by atoms with Crippen LogP contribution in [0.4, 0.5) is 0 Å². The lowest BCUT2D eigenvalue weighted by Crippen LogP contribution is -1.82. The topological polar surface area (TPSA) is 33.0 Å².